The number of hydrogen-bond donors (Lipinski definition) is 2. The van der Waals surface area contributed by atoms with Crippen LogP contribution in [0.15, 0.2) is 65.5 Å². The van der Waals surface area contributed by atoms with Gasteiger partial charge in [0.2, 0.25) is 5.95 Å². The fourth-order valence-corrected chi connectivity index (χ4v) is 2.80. The molecule has 0 aliphatic carbocycles. The molecule has 5 nitrogen and oxygen atoms in total. The van der Waals surface area contributed by atoms with Crippen LogP contribution < -0.4 is 11.1 Å². The van der Waals surface area contributed by atoms with Crippen LogP contribution in [0, 0.1) is 0 Å². The van der Waals surface area contributed by atoms with Gasteiger partial charge in [-0.2, -0.15) is 0 Å². The van der Waals surface area contributed by atoms with Crippen LogP contribution in [0.5, 0.6) is 0 Å². The first kappa shape index (κ1) is 16.5. The number of nitrogens with zero attached hydrogens (tertiary/aromatic N) is 3. The van der Waals surface area contributed by atoms with Crippen molar-refractivity contribution in [1.29, 1.82) is 0 Å². The zero-order valence-corrected chi connectivity index (χ0v) is 14.6. The van der Waals surface area contributed by atoms with E-state index in [2.05, 4.69) is 48.3 Å². The lowest BCUT2D eigenvalue weighted by Crippen LogP contribution is -2.31. The van der Waals surface area contributed by atoms with Gasteiger partial charge in [0.15, 0.2) is 0 Å². The summed E-state index contributed by atoms with van der Waals surface area (Å²) < 4.78 is 0.841. The van der Waals surface area contributed by atoms with Crippen LogP contribution in [0.1, 0.15) is 5.56 Å². The minimum absolute atomic E-state index is 0.0102. The monoisotopic (exact) mass is 383 g/mol. The SMILES string of the molecule is N[C@@H](CNc1ncc(Br)c(-c2ccncc2)n1)Cc1ccccc1. The molecule has 122 valence electrons. The third-order valence-electron chi connectivity index (χ3n) is 3.56. The molecule has 2 heterocycles. The molecule has 0 saturated heterocycles. The molecule has 0 spiro atoms. The standard InChI is InChI=1S/C18H18BrN5/c19-16-12-23-18(24-17(16)14-6-8-21-9-7-14)22-11-15(20)10-13-4-2-1-3-5-13/h1-9,12,15H,10-11,20H2,(H,22,23,24)/t15-/m1/s1. The lowest BCUT2D eigenvalue weighted by atomic mass is 10.1. The molecular weight excluding hydrogens is 366 g/mol. The van der Waals surface area contributed by atoms with Gasteiger partial charge in [-0.3, -0.25) is 4.98 Å². The van der Waals surface area contributed by atoms with E-state index >= 15 is 0 Å². The van der Waals surface area contributed by atoms with Crippen molar-refractivity contribution in [2.45, 2.75) is 12.5 Å². The normalized spacial score (nSPS) is 11.9. The van der Waals surface area contributed by atoms with E-state index in [-0.39, 0.29) is 6.04 Å². The summed E-state index contributed by atoms with van der Waals surface area (Å²) in [5, 5.41) is 3.22. The van der Waals surface area contributed by atoms with Crippen LogP contribution >= 0.6 is 15.9 Å². The van der Waals surface area contributed by atoms with E-state index in [0.29, 0.717) is 12.5 Å². The molecule has 0 bridgehead atoms. The molecule has 1 atom stereocenters. The van der Waals surface area contributed by atoms with E-state index < -0.39 is 0 Å². The molecule has 0 radical (unpaired) electrons. The summed E-state index contributed by atoms with van der Waals surface area (Å²) in [4.78, 5) is 12.9. The molecule has 0 unspecified atom stereocenters. The topological polar surface area (TPSA) is 76.7 Å². The molecule has 24 heavy (non-hydrogen) atoms. The fraction of sp³-hybridized carbons (Fsp3) is 0.167. The van der Waals surface area contributed by atoms with Crippen molar-refractivity contribution >= 4 is 21.9 Å². The van der Waals surface area contributed by atoms with Gasteiger partial charge < -0.3 is 11.1 Å². The average Bonchev–Trinajstić information content (AvgIpc) is 2.62. The molecule has 0 aliphatic rings. The Hall–Kier alpha value is -2.31. The molecule has 0 fully saturated rings. The van der Waals surface area contributed by atoms with Crippen LogP contribution in [0.2, 0.25) is 0 Å². The van der Waals surface area contributed by atoms with Crippen molar-refractivity contribution in [3.63, 3.8) is 0 Å². The lowest BCUT2D eigenvalue weighted by Gasteiger charge is -2.13. The van der Waals surface area contributed by atoms with E-state index in [1.165, 1.54) is 5.56 Å². The average molecular weight is 384 g/mol. The molecular formula is C18H18BrN5. The fourth-order valence-electron chi connectivity index (χ4n) is 2.38. The predicted octanol–water partition coefficient (Wildman–Crippen LogP) is 3.28. The van der Waals surface area contributed by atoms with Crippen LogP contribution in [-0.2, 0) is 6.42 Å². The second kappa shape index (κ2) is 7.99. The van der Waals surface area contributed by atoms with Crippen molar-refractivity contribution in [1.82, 2.24) is 15.0 Å². The Morgan fingerprint density at radius 3 is 2.58 bits per heavy atom. The van der Waals surface area contributed by atoms with Crippen LogP contribution in [0.4, 0.5) is 5.95 Å². The lowest BCUT2D eigenvalue weighted by molar-refractivity contribution is 0.696. The summed E-state index contributed by atoms with van der Waals surface area (Å²) in [6, 6.07) is 14.0. The van der Waals surface area contributed by atoms with Gasteiger partial charge in [-0.05, 0) is 40.0 Å². The molecule has 3 aromatic rings. The number of anilines is 1. The van der Waals surface area contributed by atoms with Gasteiger partial charge in [0.25, 0.3) is 0 Å². The number of nitrogens with one attached hydrogen (secondary N) is 1. The Labute approximate surface area is 149 Å². The van der Waals surface area contributed by atoms with Gasteiger partial charge in [0, 0.05) is 36.7 Å². The van der Waals surface area contributed by atoms with Gasteiger partial charge in [0.1, 0.15) is 0 Å². The molecule has 0 aliphatic heterocycles. The molecule has 0 amide bonds. The number of aromatic nitrogens is 3. The van der Waals surface area contributed by atoms with Gasteiger partial charge in [-0.15, -0.1) is 0 Å². The van der Waals surface area contributed by atoms with Crippen LogP contribution in [0.25, 0.3) is 11.3 Å². The highest BCUT2D eigenvalue weighted by Gasteiger charge is 2.09. The minimum atomic E-state index is -0.0102. The maximum atomic E-state index is 6.20. The van der Waals surface area contributed by atoms with E-state index in [1.807, 2.05) is 30.3 Å². The van der Waals surface area contributed by atoms with E-state index in [1.54, 1.807) is 18.6 Å². The number of halogens is 1. The Bertz CT molecular complexity index is 780. The predicted molar refractivity (Wildman–Crippen MR) is 99.6 cm³/mol. The molecule has 2 aromatic heterocycles. The second-order valence-electron chi connectivity index (χ2n) is 5.46. The highest BCUT2D eigenvalue weighted by Crippen LogP contribution is 2.25. The third-order valence-corrected chi connectivity index (χ3v) is 4.14. The smallest absolute Gasteiger partial charge is 0.223 e. The number of rotatable bonds is 6. The molecule has 1 aromatic carbocycles. The largest absolute Gasteiger partial charge is 0.353 e. The maximum absolute atomic E-state index is 6.20. The summed E-state index contributed by atoms with van der Waals surface area (Å²) in [6.45, 7) is 0.603. The first-order chi connectivity index (χ1) is 11.7. The van der Waals surface area contributed by atoms with Gasteiger partial charge in [-0.1, -0.05) is 30.3 Å². The van der Waals surface area contributed by atoms with E-state index in [0.717, 1.165) is 22.2 Å². The molecule has 6 heteroatoms. The van der Waals surface area contributed by atoms with E-state index in [4.69, 9.17) is 5.73 Å². The van der Waals surface area contributed by atoms with Crippen LogP contribution in [0.3, 0.4) is 0 Å². The summed E-state index contributed by atoms with van der Waals surface area (Å²) >= 11 is 3.49. The molecule has 0 saturated carbocycles. The zero-order chi connectivity index (χ0) is 16.8. The second-order valence-corrected chi connectivity index (χ2v) is 6.31. The van der Waals surface area contributed by atoms with E-state index in [9.17, 15) is 0 Å². The minimum Gasteiger partial charge on any atom is -0.353 e. The Morgan fingerprint density at radius 2 is 1.83 bits per heavy atom. The quantitative estimate of drug-likeness (QED) is 0.682. The van der Waals surface area contributed by atoms with Crippen LogP contribution in [-0.4, -0.2) is 27.5 Å². The van der Waals surface area contributed by atoms with Gasteiger partial charge in [-0.25, -0.2) is 9.97 Å². The van der Waals surface area contributed by atoms with Crippen molar-refractivity contribution in [2.24, 2.45) is 5.73 Å². The van der Waals surface area contributed by atoms with Crippen molar-refractivity contribution in [3.05, 3.63) is 71.1 Å². The molecule has 3 N–H and O–H groups in total. The summed E-state index contributed by atoms with van der Waals surface area (Å²) in [5.74, 6) is 0.563. The van der Waals surface area contributed by atoms with Crippen molar-refractivity contribution in [3.8, 4) is 11.3 Å². The summed E-state index contributed by atoms with van der Waals surface area (Å²) in [5.41, 5.74) is 9.23. The van der Waals surface area contributed by atoms with Gasteiger partial charge >= 0.3 is 0 Å². The summed E-state index contributed by atoms with van der Waals surface area (Å²) in [6.07, 6.45) is 6.04. The number of pyridine rings is 1. The first-order valence-corrected chi connectivity index (χ1v) is 8.48. The Morgan fingerprint density at radius 1 is 1.08 bits per heavy atom. The van der Waals surface area contributed by atoms with Gasteiger partial charge in [0.05, 0.1) is 10.2 Å². The Balaban J connectivity index is 1.65. The highest BCUT2D eigenvalue weighted by atomic mass is 79.9. The van der Waals surface area contributed by atoms with Crippen molar-refractivity contribution < 1.29 is 0 Å². The molecule has 3 rings (SSSR count). The number of nitrogens with two attached hydrogens (primary N) is 1. The third kappa shape index (κ3) is 4.37. The Kier molecular flexibility index (Phi) is 5.51. The zero-order valence-electron chi connectivity index (χ0n) is 13.1. The number of hydrogen-bond acceptors (Lipinski definition) is 5. The first-order valence-electron chi connectivity index (χ1n) is 7.68. The summed E-state index contributed by atoms with van der Waals surface area (Å²) in [7, 11) is 0. The van der Waals surface area contributed by atoms with Crippen molar-refractivity contribution in [2.75, 3.05) is 11.9 Å². The maximum Gasteiger partial charge on any atom is 0.223 e. The number of benzene rings is 1. The highest BCUT2D eigenvalue weighted by molar-refractivity contribution is 9.10.